The molecular formula is C25H24N10O3. The number of benzene rings is 1. The van der Waals surface area contributed by atoms with E-state index >= 15 is 0 Å². The van der Waals surface area contributed by atoms with Crippen molar-refractivity contribution in [2.45, 2.75) is 6.92 Å². The molecule has 4 aromatic heterocycles. The number of carbonyl (C=O) groups is 2. The number of aromatic nitrogens is 8. The number of pyridine rings is 1. The number of Topliss-reactive ketones (excluding diaryl/α,β-unsaturated/α-hetero) is 1. The van der Waals surface area contributed by atoms with Gasteiger partial charge in [-0.25, -0.2) is 14.6 Å². The van der Waals surface area contributed by atoms with E-state index in [0.717, 1.165) is 11.5 Å². The standard InChI is InChI=1S/C25H24N10O3/c1-16-28-15-34(30-16)24-22-21(19(38-2)13-27-24)18(12-26-22)23(36)25(37)33-10-8-32(9-11-33)20-14-29-31-35(20)17-6-4-3-5-7-17/h3-7,12-15,26H,8-11H2,1-2H3. The van der Waals surface area contributed by atoms with Crippen LogP contribution in [-0.4, -0.2) is 89.6 Å². The Hall–Kier alpha value is -5.07. The first-order chi connectivity index (χ1) is 18.5. The molecule has 0 saturated carbocycles. The zero-order chi connectivity index (χ0) is 26.2. The number of nitrogens with one attached hydrogen (secondary N) is 1. The Morgan fingerprint density at radius 3 is 2.53 bits per heavy atom. The van der Waals surface area contributed by atoms with Crippen LogP contribution in [0.25, 0.3) is 22.4 Å². The van der Waals surface area contributed by atoms with Gasteiger partial charge in [-0.3, -0.25) is 9.59 Å². The summed E-state index contributed by atoms with van der Waals surface area (Å²) in [6.45, 7) is 3.61. The number of aromatic amines is 1. The highest BCUT2D eigenvalue weighted by atomic mass is 16.5. The number of aryl methyl sites for hydroxylation is 1. The summed E-state index contributed by atoms with van der Waals surface area (Å²) in [7, 11) is 1.49. The molecule has 0 bridgehead atoms. The second kappa shape index (κ2) is 9.42. The van der Waals surface area contributed by atoms with Gasteiger partial charge in [-0.05, 0) is 19.1 Å². The largest absolute Gasteiger partial charge is 0.494 e. The summed E-state index contributed by atoms with van der Waals surface area (Å²) in [4.78, 5) is 42.1. The lowest BCUT2D eigenvalue weighted by molar-refractivity contribution is -0.126. The second-order valence-corrected chi connectivity index (χ2v) is 8.79. The van der Waals surface area contributed by atoms with Gasteiger partial charge >= 0.3 is 0 Å². The van der Waals surface area contributed by atoms with Gasteiger partial charge in [0.2, 0.25) is 0 Å². The first-order valence-corrected chi connectivity index (χ1v) is 12.0. The molecule has 13 heteroatoms. The van der Waals surface area contributed by atoms with Gasteiger partial charge in [0.1, 0.15) is 17.9 Å². The fourth-order valence-electron chi connectivity index (χ4n) is 4.66. The normalized spacial score (nSPS) is 13.7. The van der Waals surface area contributed by atoms with E-state index in [1.54, 1.807) is 22.7 Å². The fourth-order valence-corrected chi connectivity index (χ4v) is 4.66. The fraction of sp³-hybridized carbons (Fsp3) is 0.240. The number of hydrogen-bond acceptors (Lipinski definition) is 9. The minimum absolute atomic E-state index is 0.219. The molecule has 6 rings (SSSR count). The van der Waals surface area contributed by atoms with E-state index in [1.165, 1.54) is 30.5 Å². The van der Waals surface area contributed by atoms with Crippen molar-refractivity contribution in [2.24, 2.45) is 0 Å². The maximum absolute atomic E-state index is 13.4. The van der Waals surface area contributed by atoms with E-state index in [-0.39, 0.29) is 5.56 Å². The number of piperazine rings is 1. The summed E-state index contributed by atoms with van der Waals surface area (Å²) >= 11 is 0. The maximum Gasteiger partial charge on any atom is 0.295 e. The van der Waals surface area contributed by atoms with Gasteiger partial charge < -0.3 is 19.5 Å². The maximum atomic E-state index is 13.4. The molecule has 1 fully saturated rings. The number of amides is 1. The van der Waals surface area contributed by atoms with Crippen LogP contribution < -0.4 is 9.64 Å². The van der Waals surface area contributed by atoms with Crippen LogP contribution in [0, 0.1) is 6.92 Å². The molecule has 38 heavy (non-hydrogen) atoms. The lowest BCUT2D eigenvalue weighted by Crippen LogP contribution is -2.51. The van der Waals surface area contributed by atoms with Crippen LogP contribution in [0.1, 0.15) is 16.2 Å². The van der Waals surface area contributed by atoms with Crippen LogP contribution in [-0.2, 0) is 4.79 Å². The Morgan fingerprint density at radius 1 is 1.03 bits per heavy atom. The molecule has 1 aliphatic rings. The van der Waals surface area contributed by atoms with E-state index in [9.17, 15) is 9.59 Å². The number of fused-ring (bicyclic) bond motifs is 1. The van der Waals surface area contributed by atoms with Gasteiger partial charge in [0, 0.05) is 32.4 Å². The van der Waals surface area contributed by atoms with Crippen molar-refractivity contribution < 1.29 is 14.3 Å². The summed E-state index contributed by atoms with van der Waals surface area (Å²) < 4.78 is 8.75. The number of methoxy groups -OCH3 is 1. The van der Waals surface area contributed by atoms with E-state index in [1.807, 2.05) is 30.3 Å². The third-order valence-electron chi connectivity index (χ3n) is 6.56. The third kappa shape index (κ3) is 3.93. The minimum atomic E-state index is -0.620. The summed E-state index contributed by atoms with van der Waals surface area (Å²) in [6.07, 6.45) is 6.26. The number of anilines is 1. The number of ketones is 1. The molecule has 5 heterocycles. The number of para-hydroxylation sites is 1. The minimum Gasteiger partial charge on any atom is -0.494 e. The van der Waals surface area contributed by atoms with Crippen molar-refractivity contribution in [3.63, 3.8) is 0 Å². The molecule has 5 aromatic rings. The molecule has 0 spiro atoms. The van der Waals surface area contributed by atoms with Gasteiger partial charge in [-0.1, -0.05) is 23.4 Å². The monoisotopic (exact) mass is 512 g/mol. The summed E-state index contributed by atoms with van der Waals surface area (Å²) in [6, 6.07) is 9.73. The van der Waals surface area contributed by atoms with Crippen LogP contribution in [0.5, 0.6) is 5.75 Å². The number of carbonyl (C=O) groups excluding carboxylic acids is 2. The highest BCUT2D eigenvalue weighted by Gasteiger charge is 2.31. The highest BCUT2D eigenvalue weighted by Crippen LogP contribution is 2.32. The molecule has 192 valence electrons. The molecule has 0 unspecified atom stereocenters. The van der Waals surface area contributed by atoms with Crippen molar-refractivity contribution >= 4 is 28.4 Å². The molecule has 0 aliphatic carbocycles. The number of rotatable bonds is 6. The molecule has 1 aromatic carbocycles. The molecule has 13 nitrogen and oxygen atoms in total. The van der Waals surface area contributed by atoms with Gasteiger partial charge in [-0.15, -0.1) is 5.10 Å². The lowest BCUT2D eigenvalue weighted by Gasteiger charge is -2.35. The molecule has 1 saturated heterocycles. The van der Waals surface area contributed by atoms with Crippen LogP contribution in [0.4, 0.5) is 5.82 Å². The quantitative estimate of drug-likeness (QED) is 0.265. The lowest BCUT2D eigenvalue weighted by atomic mass is 10.1. The topological polar surface area (TPSA) is 140 Å². The molecular weight excluding hydrogens is 488 g/mol. The van der Waals surface area contributed by atoms with Crippen LogP contribution in [0.15, 0.2) is 55.2 Å². The molecule has 0 radical (unpaired) electrons. The van der Waals surface area contributed by atoms with Crippen LogP contribution in [0.3, 0.4) is 0 Å². The van der Waals surface area contributed by atoms with Crippen molar-refractivity contribution in [2.75, 3.05) is 38.2 Å². The van der Waals surface area contributed by atoms with Crippen LogP contribution in [0.2, 0.25) is 0 Å². The van der Waals surface area contributed by atoms with Crippen LogP contribution >= 0.6 is 0 Å². The SMILES string of the molecule is COc1cnc(-n2cnc(C)n2)c2[nH]cc(C(=O)C(=O)N3CCN(c4cnnn4-c4ccccc4)CC3)c12. The highest BCUT2D eigenvalue weighted by molar-refractivity contribution is 6.45. The Kier molecular flexibility index (Phi) is 5.79. The predicted octanol–water partition coefficient (Wildman–Crippen LogP) is 1.57. The Labute approximate surface area is 216 Å². The first kappa shape index (κ1) is 23.3. The summed E-state index contributed by atoms with van der Waals surface area (Å²) in [5.41, 5.74) is 1.64. The Balaban J connectivity index is 1.22. The average molecular weight is 513 g/mol. The van der Waals surface area contributed by atoms with Crippen molar-refractivity contribution in [3.8, 4) is 17.3 Å². The van der Waals surface area contributed by atoms with Gasteiger partial charge in [0.05, 0.1) is 41.7 Å². The van der Waals surface area contributed by atoms with Crippen molar-refractivity contribution in [3.05, 3.63) is 66.6 Å². The van der Waals surface area contributed by atoms with E-state index < -0.39 is 11.7 Å². The van der Waals surface area contributed by atoms with Crippen molar-refractivity contribution in [1.29, 1.82) is 0 Å². The number of ether oxygens (including phenoxy) is 1. The summed E-state index contributed by atoms with van der Waals surface area (Å²) in [5, 5.41) is 13.1. The molecule has 1 aliphatic heterocycles. The Morgan fingerprint density at radius 2 is 1.82 bits per heavy atom. The first-order valence-electron chi connectivity index (χ1n) is 12.0. The van der Waals surface area contributed by atoms with E-state index in [2.05, 4.69) is 35.3 Å². The second-order valence-electron chi connectivity index (χ2n) is 8.79. The van der Waals surface area contributed by atoms with E-state index in [0.29, 0.717) is 54.5 Å². The number of nitrogens with zero attached hydrogens (tertiary/aromatic N) is 9. The third-order valence-corrected chi connectivity index (χ3v) is 6.56. The predicted molar refractivity (Wildman–Crippen MR) is 137 cm³/mol. The molecule has 0 atom stereocenters. The summed E-state index contributed by atoms with van der Waals surface area (Å²) in [5.74, 6) is 1.05. The average Bonchev–Trinajstić information content (AvgIpc) is 3.72. The van der Waals surface area contributed by atoms with Gasteiger partial charge in [0.15, 0.2) is 11.6 Å². The smallest absolute Gasteiger partial charge is 0.295 e. The molecule has 1 N–H and O–H groups in total. The van der Waals surface area contributed by atoms with E-state index in [4.69, 9.17) is 4.74 Å². The number of H-pyrrole nitrogens is 1. The zero-order valence-electron chi connectivity index (χ0n) is 20.8. The number of hydrogen-bond donors (Lipinski definition) is 1. The zero-order valence-corrected chi connectivity index (χ0v) is 20.8. The van der Waals surface area contributed by atoms with Gasteiger partial charge in [0.25, 0.3) is 11.7 Å². The Bertz CT molecular complexity index is 1630. The van der Waals surface area contributed by atoms with Crippen molar-refractivity contribution in [1.82, 2.24) is 44.6 Å². The van der Waals surface area contributed by atoms with Gasteiger partial charge in [-0.2, -0.15) is 9.78 Å². The molecule has 1 amide bonds.